The van der Waals surface area contributed by atoms with Crippen LogP contribution in [0, 0.1) is 0 Å². The van der Waals surface area contributed by atoms with Crippen molar-refractivity contribution in [1.29, 1.82) is 0 Å². The highest BCUT2D eigenvalue weighted by Crippen LogP contribution is 2.32. The molecule has 1 aliphatic rings. The molecule has 0 fully saturated rings. The van der Waals surface area contributed by atoms with E-state index in [4.69, 9.17) is 4.74 Å². The van der Waals surface area contributed by atoms with Gasteiger partial charge in [-0.1, -0.05) is 48.6 Å². The van der Waals surface area contributed by atoms with Crippen LogP contribution in [-0.4, -0.2) is 22.5 Å². The number of nitrogens with zero attached hydrogens (tertiary/aromatic N) is 2. The number of hydrogen-bond acceptors (Lipinski definition) is 3. The van der Waals surface area contributed by atoms with E-state index in [-0.39, 0.29) is 11.2 Å². The summed E-state index contributed by atoms with van der Waals surface area (Å²) in [5.41, 5.74) is 3.26. The van der Waals surface area contributed by atoms with Gasteiger partial charge in [-0.3, -0.25) is 4.79 Å². The predicted molar refractivity (Wildman–Crippen MR) is 92.1 cm³/mol. The molecule has 0 spiro atoms. The molecule has 1 aromatic carbocycles. The molecule has 2 aromatic rings. The molecule has 1 aliphatic carbocycles. The summed E-state index contributed by atoms with van der Waals surface area (Å²) in [4.78, 5) is 12.0. The molecule has 1 aromatic heterocycles. The largest absolute Gasteiger partial charge is 0.374 e. The molecule has 1 atom stereocenters. The predicted octanol–water partition coefficient (Wildman–Crippen LogP) is 3.20. The number of benzene rings is 1. The molecular weight excluding hydrogens is 288 g/mol. The van der Waals surface area contributed by atoms with E-state index in [1.165, 1.54) is 4.68 Å². The number of hydrogen-bond donors (Lipinski definition) is 0. The Morgan fingerprint density at radius 1 is 1.26 bits per heavy atom. The van der Waals surface area contributed by atoms with E-state index in [2.05, 4.69) is 11.2 Å². The number of methoxy groups -OCH3 is 1. The van der Waals surface area contributed by atoms with Crippen LogP contribution in [0.2, 0.25) is 0 Å². The Labute approximate surface area is 135 Å². The lowest BCUT2D eigenvalue weighted by Crippen LogP contribution is -2.25. The second kappa shape index (κ2) is 5.97. The Bertz CT molecular complexity index is 834. The Morgan fingerprint density at radius 3 is 2.61 bits per heavy atom. The first kappa shape index (κ1) is 15.4. The van der Waals surface area contributed by atoms with Gasteiger partial charge < -0.3 is 4.74 Å². The highest BCUT2D eigenvalue weighted by Gasteiger charge is 2.23. The Hall–Kier alpha value is -2.46. The van der Waals surface area contributed by atoms with Crippen molar-refractivity contribution >= 4 is 5.57 Å². The third-order valence-corrected chi connectivity index (χ3v) is 4.26. The van der Waals surface area contributed by atoms with E-state index in [1.807, 2.05) is 49.4 Å². The molecule has 0 saturated heterocycles. The molecule has 1 heterocycles. The second-order valence-electron chi connectivity index (χ2n) is 5.95. The van der Waals surface area contributed by atoms with Crippen molar-refractivity contribution in [1.82, 2.24) is 9.78 Å². The molecule has 1 unspecified atom stereocenters. The smallest absolute Gasteiger partial charge is 0.267 e. The van der Waals surface area contributed by atoms with Gasteiger partial charge in [0.15, 0.2) is 0 Å². The Kier molecular flexibility index (Phi) is 4.01. The van der Waals surface area contributed by atoms with Gasteiger partial charge in [0.1, 0.15) is 0 Å². The van der Waals surface area contributed by atoms with Gasteiger partial charge in [-0.25, -0.2) is 4.68 Å². The van der Waals surface area contributed by atoms with Crippen molar-refractivity contribution in [2.45, 2.75) is 18.9 Å². The van der Waals surface area contributed by atoms with Gasteiger partial charge in [-0.05, 0) is 24.5 Å². The zero-order valence-electron chi connectivity index (χ0n) is 13.6. The first-order valence-electron chi connectivity index (χ1n) is 7.61. The Morgan fingerprint density at radius 2 is 2.00 bits per heavy atom. The molecule has 0 bridgehead atoms. The first-order valence-corrected chi connectivity index (χ1v) is 7.61. The number of allylic oxidation sites excluding steroid dienone is 2. The number of rotatable bonds is 3. The Balaban J connectivity index is 2.12. The minimum absolute atomic E-state index is 0.116. The molecule has 0 amide bonds. The monoisotopic (exact) mass is 308 g/mol. The summed E-state index contributed by atoms with van der Waals surface area (Å²) >= 11 is 0. The molecule has 0 radical (unpaired) electrons. The molecule has 0 saturated carbocycles. The van der Waals surface area contributed by atoms with E-state index in [0.29, 0.717) is 0 Å². The minimum Gasteiger partial charge on any atom is -0.374 e. The molecule has 3 rings (SSSR count). The lowest BCUT2D eigenvalue weighted by molar-refractivity contribution is 0.0508. The van der Waals surface area contributed by atoms with Gasteiger partial charge in [-0.2, -0.15) is 5.10 Å². The number of aromatic nitrogens is 2. The summed E-state index contributed by atoms with van der Waals surface area (Å²) < 4.78 is 6.89. The van der Waals surface area contributed by atoms with Crippen LogP contribution in [-0.2, 0) is 11.8 Å². The van der Waals surface area contributed by atoms with Crippen LogP contribution in [0.3, 0.4) is 0 Å². The van der Waals surface area contributed by atoms with Crippen molar-refractivity contribution in [2.24, 2.45) is 7.05 Å². The average molecular weight is 308 g/mol. The minimum atomic E-state index is -0.281. The van der Waals surface area contributed by atoms with Crippen LogP contribution in [0.1, 0.15) is 19.0 Å². The first-order chi connectivity index (χ1) is 11.0. The molecule has 4 heteroatoms. The maximum Gasteiger partial charge on any atom is 0.267 e. The zero-order chi connectivity index (χ0) is 16.4. The standard InChI is InChI=1S/C19H20N2O2/c1-19(23-3)11-9-15(10-12-19)18-16(13-17(22)21(2)20-18)14-7-5-4-6-8-14/h4-11,13H,12H2,1-3H3. The van der Waals surface area contributed by atoms with Crippen LogP contribution >= 0.6 is 0 Å². The van der Waals surface area contributed by atoms with Crippen molar-refractivity contribution in [3.63, 3.8) is 0 Å². The summed E-state index contributed by atoms with van der Waals surface area (Å²) in [7, 11) is 3.38. The van der Waals surface area contributed by atoms with Gasteiger partial charge in [0.2, 0.25) is 0 Å². The van der Waals surface area contributed by atoms with Crippen LogP contribution < -0.4 is 5.56 Å². The van der Waals surface area contributed by atoms with E-state index in [9.17, 15) is 4.79 Å². The van der Waals surface area contributed by atoms with Crippen LogP contribution in [0.15, 0.2) is 59.4 Å². The van der Waals surface area contributed by atoms with E-state index < -0.39 is 0 Å². The van der Waals surface area contributed by atoms with Crippen molar-refractivity contribution in [2.75, 3.05) is 7.11 Å². The summed E-state index contributed by atoms with van der Waals surface area (Å²) in [6.45, 7) is 2.04. The molecule has 23 heavy (non-hydrogen) atoms. The fraction of sp³-hybridized carbons (Fsp3) is 0.263. The van der Waals surface area contributed by atoms with Crippen LogP contribution in [0.4, 0.5) is 0 Å². The average Bonchev–Trinajstić information content (AvgIpc) is 2.58. The normalized spacial score (nSPS) is 20.4. The van der Waals surface area contributed by atoms with E-state index in [1.54, 1.807) is 20.2 Å². The fourth-order valence-electron chi connectivity index (χ4n) is 2.63. The SMILES string of the molecule is COC1(C)C=CC(c2nn(C)c(=O)cc2-c2ccccc2)=CC1. The van der Waals surface area contributed by atoms with Crippen LogP contribution in [0.5, 0.6) is 0 Å². The van der Waals surface area contributed by atoms with Crippen molar-refractivity contribution in [3.05, 3.63) is 70.7 Å². The summed E-state index contributed by atoms with van der Waals surface area (Å²) in [5.74, 6) is 0. The highest BCUT2D eigenvalue weighted by molar-refractivity contribution is 5.83. The quantitative estimate of drug-likeness (QED) is 0.874. The van der Waals surface area contributed by atoms with Gasteiger partial charge in [0.05, 0.1) is 11.3 Å². The number of aryl methyl sites for hydroxylation is 1. The fourth-order valence-corrected chi connectivity index (χ4v) is 2.63. The lowest BCUT2D eigenvalue weighted by Gasteiger charge is -2.26. The zero-order valence-corrected chi connectivity index (χ0v) is 13.6. The highest BCUT2D eigenvalue weighted by atomic mass is 16.5. The van der Waals surface area contributed by atoms with E-state index in [0.717, 1.165) is 28.8 Å². The lowest BCUT2D eigenvalue weighted by atomic mass is 9.90. The van der Waals surface area contributed by atoms with E-state index >= 15 is 0 Å². The van der Waals surface area contributed by atoms with Crippen LogP contribution in [0.25, 0.3) is 16.7 Å². The summed E-state index contributed by atoms with van der Waals surface area (Å²) in [6, 6.07) is 11.5. The maximum absolute atomic E-state index is 12.0. The van der Waals surface area contributed by atoms with Gasteiger partial charge in [0.25, 0.3) is 5.56 Å². The van der Waals surface area contributed by atoms with Crippen molar-refractivity contribution < 1.29 is 4.74 Å². The third kappa shape index (κ3) is 3.03. The molecular formula is C19H20N2O2. The van der Waals surface area contributed by atoms with Gasteiger partial charge in [-0.15, -0.1) is 0 Å². The second-order valence-corrected chi connectivity index (χ2v) is 5.95. The topological polar surface area (TPSA) is 44.1 Å². The van der Waals surface area contributed by atoms with Gasteiger partial charge >= 0.3 is 0 Å². The molecule has 0 N–H and O–H groups in total. The molecule has 4 nitrogen and oxygen atoms in total. The molecule has 118 valence electrons. The summed E-state index contributed by atoms with van der Waals surface area (Å²) in [5, 5.41) is 4.49. The molecule has 0 aliphatic heterocycles. The van der Waals surface area contributed by atoms with Gasteiger partial charge in [0, 0.05) is 25.8 Å². The maximum atomic E-state index is 12.0. The third-order valence-electron chi connectivity index (χ3n) is 4.26. The summed E-state index contributed by atoms with van der Waals surface area (Å²) in [6.07, 6.45) is 6.95. The number of ether oxygens (including phenoxy) is 1. The van der Waals surface area contributed by atoms with Crippen molar-refractivity contribution in [3.8, 4) is 11.1 Å².